The smallest absolute Gasteiger partial charge is 0.304 e. The van der Waals surface area contributed by atoms with Gasteiger partial charge in [-0.05, 0) is 24.3 Å². The summed E-state index contributed by atoms with van der Waals surface area (Å²) in [4.78, 5) is 21.4. The molecule has 0 saturated carbocycles. The van der Waals surface area contributed by atoms with Gasteiger partial charge in [0.05, 0.1) is 4.92 Å². The van der Waals surface area contributed by atoms with Crippen molar-refractivity contribution in [2.75, 3.05) is 11.5 Å². The molecule has 2 rings (SSSR count). The second-order valence-corrected chi connectivity index (χ2v) is 5.11. The van der Waals surface area contributed by atoms with E-state index in [4.69, 9.17) is 0 Å². The molecule has 7 heteroatoms. The van der Waals surface area contributed by atoms with Gasteiger partial charge in [0.2, 0.25) is 5.82 Å². The molecule has 1 aromatic carbocycles. The van der Waals surface area contributed by atoms with Gasteiger partial charge >= 0.3 is 5.69 Å². The average molecular weight is 270 g/mol. The number of amides is 1. The van der Waals surface area contributed by atoms with Gasteiger partial charge in [0, 0.05) is 23.4 Å². The van der Waals surface area contributed by atoms with Crippen molar-refractivity contribution >= 4 is 23.4 Å². The number of carbonyl (C=O) groups excluding carboxylic acids is 1. The summed E-state index contributed by atoms with van der Waals surface area (Å²) in [7, 11) is 0. The van der Waals surface area contributed by atoms with Crippen molar-refractivity contribution in [3.63, 3.8) is 0 Å². The first kappa shape index (κ1) is 12.8. The van der Waals surface area contributed by atoms with E-state index in [1.165, 1.54) is 6.07 Å². The maximum absolute atomic E-state index is 13.3. The van der Waals surface area contributed by atoms with Crippen LogP contribution in [0, 0.1) is 15.9 Å². The van der Waals surface area contributed by atoms with Crippen LogP contribution in [0.2, 0.25) is 0 Å². The predicted octanol–water partition coefficient (Wildman–Crippen LogP) is 1.97. The van der Waals surface area contributed by atoms with Gasteiger partial charge in [0.1, 0.15) is 0 Å². The summed E-state index contributed by atoms with van der Waals surface area (Å²) >= 11 is 1.75. The van der Waals surface area contributed by atoms with Crippen molar-refractivity contribution in [1.82, 2.24) is 5.32 Å². The maximum atomic E-state index is 13.3. The second-order valence-electron chi connectivity index (χ2n) is 3.96. The van der Waals surface area contributed by atoms with E-state index in [-0.39, 0.29) is 11.6 Å². The highest BCUT2D eigenvalue weighted by atomic mass is 32.2. The van der Waals surface area contributed by atoms with Crippen molar-refractivity contribution in [2.24, 2.45) is 0 Å². The van der Waals surface area contributed by atoms with Crippen molar-refractivity contribution in [3.8, 4) is 0 Å². The number of nitrogens with zero attached hydrogens (tertiary/aromatic N) is 1. The molecule has 1 aliphatic rings. The molecule has 5 nitrogen and oxygen atoms in total. The van der Waals surface area contributed by atoms with E-state index in [0.29, 0.717) is 0 Å². The van der Waals surface area contributed by atoms with Crippen LogP contribution in [-0.2, 0) is 0 Å². The van der Waals surface area contributed by atoms with Crippen LogP contribution in [0.1, 0.15) is 16.8 Å². The van der Waals surface area contributed by atoms with Crippen LogP contribution in [0.4, 0.5) is 10.1 Å². The molecule has 0 spiro atoms. The van der Waals surface area contributed by atoms with Crippen LogP contribution in [0.15, 0.2) is 18.2 Å². The van der Waals surface area contributed by atoms with E-state index >= 15 is 0 Å². The Kier molecular flexibility index (Phi) is 3.81. The third-order valence-electron chi connectivity index (χ3n) is 2.67. The first-order chi connectivity index (χ1) is 8.58. The van der Waals surface area contributed by atoms with Gasteiger partial charge in [0.25, 0.3) is 5.91 Å². The van der Waals surface area contributed by atoms with Gasteiger partial charge in [-0.25, -0.2) is 0 Å². The van der Waals surface area contributed by atoms with Gasteiger partial charge in [-0.3, -0.25) is 14.9 Å². The largest absolute Gasteiger partial charge is 0.348 e. The molecule has 1 fully saturated rings. The van der Waals surface area contributed by atoms with Crippen LogP contribution in [0.25, 0.3) is 0 Å². The molecule has 1 atom stereocenters. The second kappa shape index (κ2) is 5.34. The van der Waals surface area contributed by atoms with Crippen LogP contribution in [-0.4, -0.2) is 28.4 Å². The lowest BCUT2D eigenvalue weighted by Crippen LogP contribution is -2.34. The van der Waals surface area contributed by atoms with Crippen molar-refractivity contribution in [3.05, 3.63) is 39.7 Å². The third-order valence-corrected chi connectivity index (χ3v) is 3.83. The van der Waals surface area contributed by atoms with E-state index in [1.54, 1.807) is 11.8 Å². The standard InChI is InChI=1S/C11H11FN2O3S/c12-9-5-7(1-2-10(9)14(16)17)11(15)13-8-3-4-18-6-8/h1-2,5,8H,3-4,6H2,(H,13,15). The number of nitro groups is 1. The molecule has 1 saturated heterocycles. The highest BCUT2D eigenvalue weighted by Crippen LogP contribution is 2.20. The lowest BCUT2D eigenvalue weighted by atomic mass is 10.1. The van der Waals surface area contributed by atoms with E-state index < -0.39 is 22.3 Å². The minimum absolute atomic E-state index is 0.0979. The van der Waals surface area contributed by atoms with Crippen LogP contribution < -0.4 is 5.32 Å². The molecule has 1 N–H and O–H groups in total. The summed E-state index contributed by atoms with van der Waals surface area (Å²) in [6.45, 7) is 0. The summed E-state index contributed by atoms with van der Waals surface area (Å²) in [6, 6.07) is 3.27. The van der Waals surface area contributed by atoms with E-state index in [0.717, 1.165) is 30.1 Å². The summed E-state index contributed by atoms with van der Waals surface area (Å²) in [5.41, 5.74) is -0.516. The Balaban J connectivity index is 2.10. The number of thioether (sulfide) groups is 1. The number of hydrogen-bond donors (Lipinski definition) is 1. The Hall–Kier alpha value is -1.63. The van der Waals surface area contributed by atoms with E-state index in [1.807, 2.05) is 0 Å². The lowest BCUT2D eigenvalue weighted by molar-refractivity contribution is -0.387. The first-order valence-electron chi connectivity index (χ1n) is 5.40. The number of halogens is 1. The van der Waals surface area contributed by atoms with Gasteiger partial charge in [0.15, 0.2) is 0 Å². The van der Waals surface area contributed by atoms with Gasteiger partial charge in [-0.15, -0.1) is 0 Å². The van der Waals surface area contributed by atoms with Gasteiger partial charge in [-0.2, -0.15) is 16.2 Å². The zero-order chi connectivity index (χ0) is 13.1. The molecule has 1 unspecified atom stereocenters. The van der Waals surface area contributed by atoms with E-state index in [9.17, 15) is 19.3 Å². The number of benzene rings is 1. The number of carbonyl (C=O) groups is 1. The highest BCUT2D eigenvalue weighted by Gasteiger charge is 2.20. The summed E-state index contributed by atoms with van der Waals surface area (Å²) in [5, 5.41) is 13.2. The third kappa shape index (κ3) is 2.79. The topological polar surface area (TPSA) is 72.2 Å². The fraction of sp³-hybridized carbons (Fsp3) is 0.364. The van der Waals surface area contributed by atoms with Crippen LogP contribution in [0.5, 0.6) is 0 Å². The summed E-state index contributed by atoms with van der Waals surface area (Å²) in [6.07, 6.45) is 0.895. The van der Waals surface area contributed by atoms with Crippen LogP contribution >= 0.6 is 11.8 Å². The summed E-state index contributed by atoms with van der Waals surface area (Å²) < 4.78 is 13.3. The van der Waals surface area contributed by atoms with Crippen LogP contribution in [0.3, 0.4) is 0 Å². The fourth-order valence-electron chi connectivity index (χ4n) is 1.71. The number of nitrogens with one attached hydrogen (secondary N) is 1. The maximum Gasteiger partial charge on any atom is 0.304 e. The fourth-order valence-corrected chi connectivity index (χ4v) is 2.87. The molecule has 0 aliphatic carbocycles. The molecule has 1 aliphatic heterocycles. The number of hydrogen-bond acceptors (Lipinski definition) is 4. The molecule has 0 radical (unpaired) electrons. The Morgan fingerprint density at radius 3 is 2.89 bits per heavy atom. The molecule has 18 heavy (non-hydrogen) atoms. The molecule has 1 aromatic rings. The highest BCUT2D eigenvalue weighted by molar-refractivity contribution is 7.99. The molecule has 0 bridgehead atoms. The summed E-state index contributed by atoms with van der Waals surface area (Å²) in [5.74, 6) is 0.463. The predicted molar refractivity (Wildman–Crippen MR) is 66.3 cm³/mol. The first-order valence-corrected chi connectivity index (χ1v) is 6.56. The Morgan fingerprint density at radius 1 is 1.56 bits per heavy atom. The lowest BCUT2D eigenvalue weighted by Gasteiger charge is -2.11. The number of rotatable bonds is 3. The monoisotopic (exact) mass is 270 g/mol. The zero-order valence-corrected chi connectivity index (χ0v) is 10.2. The van der Waals surface area contributed by atoms with E-state index in [2.05, 4.69) is 5.32 Å². The van der Waals surface area contributed by atoms with Crippen molar-refractivity contribution in [1.29, 1.82) is 0 Å². The number of nitro benzene ring substituents is 1. The average Bonchev–Trinajstić information content (AvgIpc) is 2.81. The van der Waals surface area contributed by atoms with Crippen molar-refractivity contribution < 1.29 is 14.1 Å². The quantitative estimate of drug-likeness (QED) is 0.673. The molecule has 0 aromatic heterocycles. The minimum atomic E-state index is -0.992. The molecule has 1 amide bonds. The molecular formula is C11H11FN2O3S. The Bertz CT molecular complexity index is 489. The minimum Gasteiger partial charge on any atom is -0.348 e. The van der Waals surface area contributed by atoms with Gasteiger partial charge in [-0.1, -0.05) is 0 Å². The zero-order valence-electron chi connectivity index (χ0n) is 9.39. The van der Waals surface area contributed by atoms with Gasteiger partial charge < -0.3 is 5.32 Å². The Morgan fingerprint density at radius 2 is 2.33 bits per heavy atom. The van der Waals surface area contributed by atoms with Crippen molar-refractivity contribution in [2.45, 2.75) is 12.5 Å². The SMILES string of the molecule is O=C(NC1CCSC1)c1ccc([N+](=O)[O-])c(F)c1. The molecular weight excluding hydrogens is 259 g/mol. The molecule has 1 heterocycles. The molecule has 96 valence electrons. The normalized spacial score (nSPS) is 18.6. The Labute approximate surface area is 107 Å².